The Bertz CT molecular complexity index is 502. The van der Waals surface area contributed by atoms with Crippen LogP contribution < -0.4 is 5.32 Å². The van der Waals surface area contributed by atoms with Crippen molar-refractivity contribution in [2.24, 2.45) is 0 Å². The van der Waals surface area contributed by atoms with Gasteiger partial charge in [0.25, 0.3) is 0 Å². The number of aliphatic hydroxyl groups excluding tert-OH is 1. The van der Waals surface area contributed by atoms with Gasteiger partial charge in [-0.2, -0.15) is 0 Å². The Morgan fingerprint density at radius 3 is 2.47 bits per heavy atom. The molecule has 1 aromatic heterocycles. The van der Waals surface area contributed by atoms with E-state index in [0.717, 1.165) is 18.7 Å². The molecule has 0 aliphatic carbocycles. The zero-order valence-corrected chi connectivity index (χ0v) is 11.5. The van der Waals surface area contributed by atoms with Crippen LogP contribution in [-0.2, 0) is 19.7 Å². The lowest BCUT2D eigenvalue weighted by Gasteiger charge is -2.12. The molecule has 0 saturated carbocycles. The number of benzene rings is 1. The van der Waals surface area contributed by atoms with Crippen molar-refractivity contribution in [3.8, 4) is 0 Å². The standard InChI is InChI=1S/C15H21N3O/c1-12(2)18-11-17-9-15(18)8-16-7-13-3-5-14(10-19)6-4-13/h3-6,9,11-12,16,19H,7-8,10H2,1-2H3. The van der Waals surface area contributed by atoms with Crippen molar-refractivity contribution in [2.45, 2.75) is 39.6 Å². The highest BCUT2D eigenvalue weighted by atomic mass is 16.3. The molecular formula is C15H21N3O. The van der Waals surface area contributed by atoms with E-state index in [0.29, 0.717) is 6.04 Å². The van der Waals surface area contributed by atoms with Gasteiger partial charge >= 0.3 is 0 Å². The van der Waals surface area contributed by atoms with Crippen LogP contribution in [-0.4, -0.2) is 14.7 Å². The summed E-state index contributed by atoms with van der Waals surface area (Å²) in [5.74, 6) is 0. The lowest BCUT2D eigenvalue weighted by Crippen LogP contribution is -2.16. The monoisotopic (exact) mass is 259 g/mol. The van der Waals surface area contributed by atoms with Gasteiger partial charge in [-0.1, -0.05) is 24.3 Å². The molecular weight excluding hydrogens is 238 g/mol. The average Bonchev–Trinajstić information content (AvgIpc) is 2.88. The van der Waals surface area contributed by atoms with E-state index in [2.05, 4.69) is 28.7 Å². The molecule has 0 fully saturated rings. The quantitative estimate of drug-likeness (QED) is 0.836. The van der Waals surface area contributed by atoms with Crippen molar-refractivity contribution in [3.05, 3.63) is 53.6 Å². The van der Waals surface area contributed by atoms with Crippen LogP contribution in [0.2, 0.25) is 0 Å². The molecule has 0 unspecified atom stereocenters. The van der Waals surface area contributed by atoms with Gasteiger partial charge in [-0.3, -0.25) is 0 Å². The molecule has 1 heterocycles. The second-order valence-electron chi connectivity index (χ2n) is 4.96. The molecule has 102 valence electrons. The number of hydrogen-bond donors (Lipinski definition) is 2. The Balaban J connectivity index is 1.87. The predicted octanol–water partition coefficient (Wildman–Crippen LogP) is 2.25. The highest BCUT2D eigenvalue weighted by molar-refractivity contribution is 5.21. The summed E-state index contributed by atoms with van der Waals surface area (Å²) in [6.45, 7) is 6.02. The molecule has 2 rings (SSSR count). The van der Waals surface area contributed by atoms with Crippen molar-refractivity contribution in [1.29, 1.82) is 0 Å². The van der Waals surface area contributed by atoms with Crippen molar-refractivity contribution in [2.75, 3.05) is 0 Å². The number of aliphatic hydroxyl groups is 1. The van der Waals surface area contributed by atoms with E-state index in [-0.39, 0.29) is 6.61 Å². The number of rotatable bonds is 6. The van der Waals surface area contributed by atoms with Crippen LogP contribution in [0.4, 0.5) is 0 Å². The van der Waals surface area contributed by atoms with E-state index in [1.54, 1.807) is 0 Å². The normalized spacial score (nSPS) is 11.2. The fourth-order valence-corrected chi connectivity index (χ4v) is 2.03. The van der Waals surface area contributed by atoms with Crippen LogP contribution in [0.3, 0.4) is 0 Å². The van der Waals surface area contributed by atoms with Crippen molar-refractivity contribution in [1.82, 2.24) is 14.9 Å². The molecule has 0 radical (unpaired) electrons. The molecule has 0 saturated heterocycles. The summed E-state index contributed by atoms with van der Waals surface area (Å²) < 4.78 is 2.17. The Morgan fingerprint density at radius 2 is 1.84 bits per heavy atom. The first-order chi connectivity index (χ1) is 9.20. The molecule has 2 N–H and O–H groups in total. The van der Waals surface area contributed by atoms with Gasteiger partial charge < -0.3 is 15.0 Å². The third-order valence-electron chi connectivity index (χ3n) is 3.14. The van der Waals surface area contributed by atoms with Crippen molar-refractivity contribution in [3.63, 3.8) is 0 Å². The summed E-state index contributed by atoms with van der Waals surface area (Å²) in [7, 11) is 0. The number of nitrogens with one attached hydrogen (secondary N) is 1. The number of imidazole rings is 1. The SMILES string of the molecule is CC(C)n1cncc1CNCc1ccc(CO)cc1. The summed E-state index contributed by atoms with van der Waals surface area (Å²) in [5.41, 5.74) is 3.36. The van der Waals surface area contributed by atoms with Crippen LogP contribution >= 0.6 is 0 Å². The van der Waals surface area contributed by atoms with Crippen molar-refractivity contribution < 1.29 is 5.11 Å². The fourth-order valence-electron chi connectivity index (χ4n) is 2.03. The first-order valence-corrected chi connectivity index (χ1v) is 6.61. The van der Waals surface area contributed by atoms with Gasteiger partial charge in [-0.15, -0.1) is 0 Å². The smallest absolute Gasteiger partial charge is 0.0951 e. The van der Waals surface area contributed by atoms with Crippen LogP contribution in [0.1, 0.15) is 36.7 Å². The van der Waals surface area contributed by atoms with Gasteiger partial charge in [0.05, 0.1) is 18.6 Å². The van der Waals surface area contributed by atoms with E-state index in [4.69, 9.17) is 5.11 Å². The minimum Gasteiger partial charge on any atom is -0.392 e. The summed E-state index contributed by atoms with van der Waals surface area (Å²) in [6.07, 6.45) is 3.78. The van der Waals surface area contributed by atoms with Gasteiger partial charge in [0.15, 0.2) is 0 Å². The first kappa shape index (κ1) is 13.8. The van der Waals surface area contributed by atoms with Gasteiger partial charge in [-0.25, -0.2) is 4.98 Å². The van der Waals surface area contributed by atoms with E-state index in [1.165, 1.54) is 11.3 Å². The molecule has 4 heteroatoms. The minimum absolute atomic E-state index is 0.0985. The van der Waals surface area contributed by atoms with Gasteiger partial charge in [0.2, 0.25) is 0 Å². The third kappa shape index (κ3) is 3.66. The number of aromatic nitrogens is 2. The molecule has 1 aromatic carbocycles. The topological polar surface area (TPSA) is 50.1 Å². The van der Waals surface area contributed by atoms with Gasteiger partial charge in [-0.05, 0) is 25.0 Å². The zero-order chi connectivity index (χ0) is 13.7. The maximum absolute atomic E-state index is 8.99. The molecule has 2 aromatic rings. The lowest BCUT2D eigenvalue weighted by molar-refractivity contribution is 0.282. The zero-order valence-electron chi connectivity index (χ0n) is 11.5. The summed E-state index contributed by atoms with van der Waals surface area (Å²) >= 11 is 0. The van der Waals surface area contributed by atoms with E-state index >= 15 is 0 Å². The summed E-state index contributed by atoms with van der Waals surface area (Å²) in [6, 6.07) is 8.42. The predicted molar refractivity (Wildman–Crippen MR) is 75.5 cm³/mol. The molecule has 0 spiro atoms. The first-order valence-electron chi connectivity index (χ1n) is 6.61. The molecule has 4 nitrogen and oxygen atoms in total. The Morgan fingerprint density at radius 1 is 1.16 bits per heavy atom. The molecule has 0 aliphatic rings. The third-order valence-corrected chi connectivity index (χ3v) is 3.14. The average molecular weight is 259 g/mol. The molecule has 0 aliphatic heterocycles. The van der Waals surface area contributed by atoms with Crippen LogP contribution in [0, 0.1) is 0 Å². The highest BCUT2D eigenvalue weighted by Crippen LogP contribution is 2.09. The Kier molecular flexibility index (Phi) is 4.71. The Hall–Kier alpha value is -1.65. The van der Waals surface area contributed by atoms with Crippen LogP contribution in [0.25, 0.3) is 0 Å². The highest BCUT2D eigenvalue weighted by Gasteiger charge is 2.04. The van der Waals surface area contributed by atoms with Crippen molar-refractivity contribution >= 4 is 0 Å². The summed E-state index contributed by atoms with van der Waals surface area (Å²) in [5, 5.41) is 12.4. The second-order valence-corrected chi connectivity index (χ2v) is 4.96. The Labute approximate surface area is 114 Å². The van der Waals surface area contributed by atoms with Crippen LogP contribution in [0.5, 0.6) is 0 Å². The maximum Gasteiger partial charge on any atom is 0.0951 e. The van der Waals surface area contributed by atoms with E-state index in [1.807, 2.05) is 36.8 Å². The number of nitrogens with zero attached hydrogens (tertiary/aromatic N) is 2. The van der Waals surface area contributed by atoms with Crippen LogP contribution in [0.15, 0.2) is 36.8 Å². The minimum atomic E-state index is 0.0985. The molecule has 0 atom stereocenters. The molecule has 0 bridgehead atoms. The van der Waals surface area contributed by atoms with Gasteiger partial charge in [0, 0.05) is 25.3 Å². The largest absolute Gasteiger partial charge is 0.392 e. The summed E-state index contributed by atoms with van der Waals surface area (Å²) in [4.78, 5) is 4.19. The lowest BCUT2D eigenvalue weighted by atomic mass is 10.1. The molecule has 0 amide bonds. The maximum atomic E-state index is 8.99. The number of hydrogen-bond acceptors (Lipinski definition) is 3. The van der Waals surface area contributed by atoms with E-state index in [9.17, 15) is 0 Å². The fraction of sp³-hybridized carbons (Fsp3) is 0.400. The second kappa shape index (κ2) is 6.50. The molecule has 19 heavy (non-hydrogen) atoms. The van der Waals surface area contributed by atoms with E-state index < -0.39 is 0 Å². The van der Waals surface area contributed by atoms with Gasteiger partial charge in [0.1, 0.15) is 0 Å².